The molecule has 2 fully saturated rings. The molecule has 0 unspecified atom stereocenters. The van der Waals surface area contributed by atoms with E-state index in [2.05, 4.69) is 6.92 Å². The molecule has 1 saturated heterocycles. The average molecular weight is 443 g/mol. The van der Waals surface area contributed by atoms with Crippen LogP contribution in [0.5, 0.6) is 0 Å². The van der Waals surface area contributed by atoms with Gasteiger partial charge < -0.3 is 9.80 Å². The minimum Gasteiger partial charge on any atom is -0.328 e. The summed E-state index contributed by atoms with van der Waals surface area (Å²) in [5, 5.41) is 0.662. The minimum absolute atomic E-state index is 0.0538. The molecule has 164 valence electrons. The van der Waals surface area contributed by atoms with Crippen molar-refractivity contribution < 1.29 is 14.0 Å². The first-order chi connectivity index (χ1) is 14.9. The van der Waals surface area contributed by atoms with Crippen LogP contribution in [0.25, 0.3) is 0 Å². The third-order valence-corrected chi connectivity index (χ3v) is 6.87. The molecular weight excluding hydrogens is 415 g/mol. The maximum absolute atomic E-state index is 13.6. The largest absolute Gasteiger partial charge is 0.328 e. The van der Waals surface area contributed by atoms with Gasteiger partial charge in [0.05, 0.1) is 0 Å². The van der Waals surface area contributed by atoms with Crippen LogP contribution >= 0.6 is 11.6 Å². The Hall–Kier alpha value is -2.40. The summed E-state index contributed by atoms with van der Waals surface area (Å²) in [6, 6.07) is 12.8. The van der Waals surface area contributed by atoms with Crippen LogP contribution in [-0.4, -0.2) is 40.7 Å². The molecule has 0 bridgehead atoms. The van der Waals surface area contributed by atoms with Gasteiger partial charge in [-0.05, 0) is 73.4 Å². The van der Waals surface area contributed by atoms with E-state index in [0.29, 0.717) is 29.5 Å². The Balaban J connectivity index is 1.58. The first kappa shape index (κ1) is 21.8. The van der Waals surface area contributed by atoms with E-state index in [-0.39, 0.29) is 30.2 Å². The molecule has 6 heteroatoms. The van der Waals surface area contributed by atoms with Crippen LogP contribution in [0.4, 0.5) is 4.39 Å². The van der Waals surface area contributed by atoms with Gasteiger partial charge in [0, 0.05) is 17.6 Å². The molecule has 2 amide bonds. The summed E-state index contributed by atoms with van der Waals surface area (Å²) in [4.78, 5) is 30.3. The first-order valence-electron chi connectivity index (χ1n) is 11.0. The minimum atomic E-state index is -0.714. The Bertz CT molecular complexity index is 924. The second-order valence-electron chi connectivity index (χ2n) is 8.80. The van der Waals surface area contributed by atoms with Gasteiger partial charge in [-0.1, -0.05) is 42.8 Å². The van der Waals surface area contributed by atoms with Gasteiger partial charge in [0.2, 0.25) is 5.91 Å². The van der Waals surface area contributed by atoms with Gasteiger partial charge in [0.25, 0.3) is 5.91 Å². The summed E-state index contributed by atoms with van der Waals surface area (Å²) < 4.78 is 13.5. The monoisotopic (exact) mass is 442 g/mol. The Labute approximate surface area is 188 Å². The second kappa shape index (κ2) is 9.39. The number of hydrogen-bond acceptors (Lipinski definition) is 2. The smallest absolute Gasteiger partial charge is 0.250 e. The number of carbonyl (C=O) groups is 2. The van der Waals surface area contributed by atoms with Gasteiger partial charge in [-0.3, -0.25) is 9.59 Å². The molecule has 0 aromatic heterocycles. The van der Waals surface area contributed by atoms with Gasteiger partial charge >= 0.3 is 0 Å². The fourth-order valence-electron chi connectivity index (χ4n) is 4.73. The van der Waals surface area contributed by atoms with Crippen LogP contribution in [0.1, 0.15) is 49.8 Å². The molecule has 31 heavy (non-hydrogen) atoms. The highest BCUT2D eigenvalue weighted by Gasteiger charge is 2.43. The zero-order valence-corrected chi connectivity index (χ0v) is 18.5. The number of rotatable bonds is 5. The van der Waals surface area contributed by atoms with Gasteiger partial charge in [0.15, 0.2) is 0 Å². The lowest BCUT2D eigenvalue weighted by atomic mass is 9.85. The highest BCUT2D eigenvalue weighted by Crippen LogP contribution is 2.34. The molecule has 0 radical (unpaired) electrons. The Kier molecular flexibility index (Phi) is 6.61. The van der Waals surface area contributed by atoms with E-state index in [4.69, 9.17) is 11.6 Å². The molecule has 1 atom stereocenters. The molecule has 1 heterocycles. The molecule has 1 saturated carbocycles. The van der Waals surface area contributed by atoms with Crippen molar-refractivity contribution in [3.8, 4) is 0 Å². The topological polar surface area (TPSA) is 40.6 Å². The van der Waals surface area contributed by atoms with Crippen molar-refractivity contribution in [3.63, 3.8) is 0 Å². The van der Waals surface area contributed by atoms with Crippen molar-refractivity contribution in [1.29, 1.82) is 0 Å². The van der Waals surface area contributed by atoms with Gasteiger partial charge in [-0.2, -0.15) is 0 Å². The summed E-state index contributed by atoms with van der Waals surface area (Å²) in [5.74, 6) is 0.197. The zero-order valence-electron chi connectivity index (χ0n) is 17.8. The van der Waals surface area contributed by atoms with E-state index < -0.39 is 6.04 Å². The lowest BCUT2D eigenvalue weighted by Gasteiger charge is -2.45. The molecule has 4 nitrogen and oxygen atoms in total. The Morgan fingerprint density at radius 3 is 2.26 bits per heavy atom. The maximum atomic E-state index is 13.6. The molecule has 1 aliphatic heterocycles. The van der Waals surface area contributed by atoms with Gasteiger partial charge in [-0.25, -0.2) is 4.39 Å². The van der Waals surface area contributed by atoms with Crippen molar-refractivity contribution in [3.05, 3.63) is 70.5 Å². The predicted molar refractivity (Wildman–Crippen MR) is 119 cm³/mol. The second-order valence-corrected chi connectivity index (χ2v) is 9.23. The summed E-state index contributed by atoms with van der Waals surface area (Å²) in [5.41, 5.74) is 1.70. The predicted octanol–water partition coefficient (Wildman–Crippen LogP) is 5.01. The first-order valence-corrected chi connectivity index (χ1v) is 11.4. The van der Waals surface area contributed by atoms with E-state index in [9.17, 15) is 14.0 Å². The number of carbonyl (C=O) groups excluding carboxylic acids is 2. The summed E-state index contributed by atoms with van der Waals surface area (Å²) in [7, 11) is 0. The highest BCUT2D eigenvalue weighted by atomic mass is 35.5. The highest BCUT2D eigenvalue weighted by molar-refractivity contribution is 6.30. The van der Waals surface area contributed by atoms with Crippen LogP contribution in [0.3, 0.4) is 0 Å². The van der Waals surface area contributed by atoms with Crippen LogP contribution < -0.4 is 0 Å². The fraction of sp³-hybridized carbons (Fsp3) is 0.440. The van der Waals surface area contributed by atoms with Crippen LogP contribution in [0.15, 0.2) is 48.5 Å². The molecule has 2 aromatic carbocycles. The van der Waals surface area contributed by atoms with E-state index in [1.807, 2.05) is 24.3 Å². The van der Waals surface area contributed by atoms with Crippen molar-refractivity contribution in [2.45, 2.75) is 51.1 Å². The van der Waals surface area contributed by atoms with Crippen LogP contribution in [-0.2, 0) is 16.0 Å². The number of hydrogen-bond donors (Lipinski definition) is 0. The lowest BCUT2D eigenvalue weighted by molar-refractivity contribution is -0.159. The van der Waals surface area contributed by atoms with E-state index in [1.165, 1.54) is 12.1 Å². The standard InChI is InChI=1S/C25H28ClFN2O2/c1-17-2-12-22(13-3-17)29-16-23(30)28(15-14-18-4-8-20(26)9-5-18)24(25(29)31)19-6-10-21(27)11-7-19/h4-11,17,22,24H,2-3,12-16H2,1H3/t17?,22?,24-/m0/s1. The molecular formula is C25H28ClFN2O2. The fourth-order valence-corrected chi connectivity index (χ4v) is 4.86. The lowest BCUT2D eigenvalue weighted by Crippen LogP contribution is -2.59. The average Bonchev–Trinajstić information content (AvgIpc) is 2.76. The third kappa shape index (κ3) is 4.93. The third-order valence-electron chi connectivity index (χ3n) is 6.62. The van der Waals surface area contributed by atoms with Crippen molar-refractivity contribution >= 4 is 23.4 Å². The van der Waals surface area contributed by atoms with Gasteiger partial charge in [-0.15, -0.1) is 0 Å². The van der Waals surface area contributed by atoms with E-state index >= 15 is 0 Å². The SMILES string of the molecule is CC1CCC(N2CC(=O)N(CCc3ccc(Cl)cc3)[C@@H](c3ccc(F)cc3)C2=O)CC1. The summed E-state index contributed by atoms with van der Waals surface area (Å²) in [6.07, 6.45) is 4.63. The molecule has 0 spiro atoms. The normalized spacial score (nSPS) is 24.5. The Morgan fingerprint density at radius 1 is 0.968 bits per heavy atom. The molecule has 4 rings (SSSR count). The van der Waals surface area contributed by atoms with Gasteiger partial charge in [0.1, 0.15) is 18.4 Å². The summed E-state index contributed by atoms with van der Waals surface area (Å²) in [6.45, 7) is 2.78. The maximum Gasteiger partial charge on any atom is 0.250 e. The van der Waals surface area contributed by atoms with Crippen molar-refractivity contribution in [2.24, 2.45) is 5.92 Å². The molecule has 2 aliphatic rings. The number of halogens is 2. The number of amides is 2. The number of piperazine rings is 1. The quantitative estimate of drug-likeness (QED) is 0.652. The molecule has 2 aromatic rings. The number of nitrogens with zero attached hydrogens (tertiary/aromatic N) is 2. The summed E-state index contributed by atoms with van der Waals surface area (Å²) >= 11 is 5.97. The number of benzene rings is 2. The van der Waals surface area contributed by atoms with Crippen molar-refractivity contribution in [1.82, 2.24) is 9.80 Å². The van der Waals surface area contributed by atoms with Crippen LogP contribution in [0.2, 0.25) is 5.02 Å². The van der Waals surface area contributed by atoms with E-state index in [1.54, 1.807) is 21.9 Å². The molecule has 1 aliphatic carbocycles. The Morgan fingerprint density at radius 2 is 1.61 bits per heavy atom. The van der Waals surface area contributed by atoms with Crippen molar-refractivity contribution in [2.75, 3.05) is 13.1 Å². The van der Waals surface area contributed by atoms with Crippen LogP contribution in [0, 0.1) is 11.7 Å². The van der Waals surface area contributed by atoms with E-state index in [0.717, 1.165) is 31.2 Å². The molecule has 0 N–H and O–H groups in total. The zero-order chi connectivity index (χ0) is 22.0.